The fourth-order valence-corrected chi connectivity index (χ4v) is 7.07. The molecule has 0 aromatic rings. The largest absolute Gasteiger partial charge is 0.459 e. The zero-order valence-corrected chi connectivity index (χ0v) is 20.3. The van der Waals surface area contributed by atoms with E-state index in [2.05, 4.69) is 6.92 Å². The maximum Gasteiger partial charge on any atom is 0.313 e. The van der Waals surface area contributed by atoms with Crippen molar-refractivity contribution in [1.82, 2.24) is 0 Å². The van der Waals surface area contributed by atoms with Crippen LogP contribution in [0, 0.1) is 22.2 Å². The van der Waals surface area contributed by atoms with Gasteiger partial charge in [0, 0.05) is 18.3 Å². The Morgan fingerprint density at radius 1 is 1.16 bits per heavy atom. The SMILES string of the molecule is CCC(CC(C)(C)C(=O)OC1CCCCO1)C(=O)OC1(CC)CC23CCC(=O)C(C2)(C3)C1. The highest BCUT2D eigenvalue weighted by atomic mass is 16.7. The van der Waals surface area contributed by atoms with Crippen LogP contribution in [0.4, 0.5) is 0 Å². The van der Waals surface area contributed by atoms with Crippen LogP contribution in [0.1, 0.15) is 105 Å². The van der Waals surface area contributed by atoms with Crippen LogP contribution in [-0.4, -0.2) is 36.2 Å². The highest BCUT2D eigenvalue weighted by Crippen LogP contribution is 2.72. The summed E-state index contributed by atoms with van der Waals surface area (Å²) in [5.74, 6) is -0.563. The number of Topliss-reactive ketones (excluding diaryl/α,β-unsaturated/α-hetero) is 1. The molecule has 1 saturated heterocycles. The van der Waals surface area contributed by atoms with E-state index in [0.717, 1.165) is 51.4 Å². The average molecular weight is 449 g/mol. The minimum atomic E-state index is -0.807. The molecule has 1 aliphatic heterocycles. The first kappa shape index (κ1) is 23.7. The van der Waals surface area contributed by atoms with E-state index < -0.39 is 17.3 Å². The second-order valence-corrected chi connectivity index (χ2v) is 11.8. The molecule has 0 spiro atoms. The lowest BCUT2D eigenvalue weighted by atomic mass is 9.36. The molecule has 6 heteroatoms. The lowest BCUT2D eigenvalue weighted by Gasteiger charge is -2.68. The van der Waals surface area contributed by atoms with E-state index in [0.29, 0.717) is 38.1 Å². The van der Waals surface area contributed by atoms with E-state index in [1.165, 1.54) is 0 Å². The second kappa shape index (κ2) is 8.41. The number of ketones is 1. The van der Waals surface area contributed by atoms with Crippen LogP contribution in [-0.2, 0) is 28.6 Å². The molecule has 32 heavy (non-hydrogen) atoms. The quantitative estimate of drug-likeness (QED) is 0.480. The van der Waals surface area contributed by atoms with Crippen LogP contribution in [0.15, 0.2) is 0 Å². The fourth-order valence-electron chi connectivity index (χ4n) is 7.07. The van der Waals surface area contributed by atoms with Gasteiger partial charge in [-0.15, -0.1) is 0 Å². The topological polar surface area (TPSA) is 78.9 Å². The fraction of sp³-hybridized carbons (Fsp3) is 0.885. The molecule has 6 rings (SSSR count). The number of hydrogen-bond acceptors (Lipinski definition) is 6. The van der Waals surface area contributed by atoms with Gasteiger partial charge in [0.05, 0.1) is 17.9 Å². The van der Waals surface area contributed by atoms with Crippen molar-refractivity contribution in [2.45, 2.75) is 117 Å². The molecule has 0 N–H and O–H groups in total. The number of fused-ring (bicyclic) bond motifs is 4. The van der Waals surface area contributed by atoms with Crippen molar-refractivity contribution in [2.75, 3.05) is 6.61 Å². The summed E-state index contributed by atoms with van der Waals surface area (Å²) in [5, 5.41) is 0. The number of carbonyl (C=O) groups excluding carboxylic acids is 3. The van der Waals surface area contributed by atoms with E-state index in [1.54, 1.807) is 0 Å². The number of esters is 2. The summed E-state index contributed by atoms with van der Waals surface area (Å²) >= 11 is 0. The summed E-state index contributed by atoms with van der Waals surface area (Å²) in [5.41, 5.74) is -1.42. The standard InChI is InChI=1S/C26H40O6/c1-5-18(13-23(3,4)22(29)31-20-9-7-8-12-30-20)21(28)32-26(6-2)16-24-11-10-19(27)25(14-24,15-24)17-26/h18,20H,5-17H2,1-4H3. The Bertz CT molecular complexity index is 758. The van der Waals surface area contributed by atoms with Gasteiger partial charge in [0.1, 0.15) is 11.4 Å². The van der Waals surface area contributed by atoms with Gasteiger partial charge >= 0.3 is 11.9 Å². The first-order valence-electron chi connectivity index (χ1n) is 12.7. The van der Waals surface area contributed by atoms with Crippen LogP contribution in [0.3, 0.4) is 0 Å². The molecule has 0 amide bonds. The molecule has 3 atom stereocenters. The molecule has 0 radical (unpaired) electrons. The third-order valence-electron chi connectivity index (χ3n) is 8.73. The summed E-state index contributed by atoms with van der Waals surface area (Å²) < 4.78 is 17.4. The molecule has 6 aliphatic rings. The van der Waals surface area contributed by atoms with Crippen molar-refractivity contribution < 1.29 is 28.6 Å². The molecule has 5 saturated carbocycles. The van der Waals surface area contributed by atoms with Gasteiger partial charge in [-0.3, -0.25) is 14.4 Å². The van der Waals surface area contributed by atoms with Gasteiger partial charge in [0.2, 0.25) is 6.29 Å². The van der Waals surface area contributed by atoms with Crippen molar-refractivity contribution in [3.05, 3.63) is 0 Å². The molecule has 0 aromatic heterocycles. The highest BCUT2D eigenvalue weighted by Gasteiger charge is 2.69. The summed E-state index contributed by atoms with van der Waals surface area (Å²) in [6, 6.07) is 0. The molecule has 180 valence electrons. The molecule has 3 unspecified atom stereocenters. The Morgan fingerprint density at radius 2 is 1.91 bits per heavy atom. The number of carbonyl (C=O) groups is 3. The zero-order valence-electron chi connectivity index (χ0n) is 20.3. The lowest BCUT2D eigenvalue weighted by molar-refractivity contribution is -0.230. The van der Waals surface area contributed by atoms with Crippen LogP contribution in [0.5, 0.6) is 0 Å². The molecule has 0 aromatic carbocycles. The number of ether oxygens (including phenoxy) is 3. The zero-order chi connectivity index (χ0) is 23.2. The molecular weight excluding hydrogens is 408 g/mol. The van der Waals surface area contributed by atoms with Gasteiger partial charge < -0.3 is 14.2 Å². The van der Waals surface area contributed by atoms with Gasteiger partial charge in [0.25, 0.3) is 0 Å². The first-order valence-corrected chi connectivity index (χ1v) is 12.7. The Morgan fingerprint density at radius 3 is 2.53 bits per heavy atom. The van der Waals surface area contributed by atoms with E-state index in [9.17, 15) is 14.4 Å². The molecule has 6 nitrogen and oxygen atoms in total. The highest BCUT2D eigenvalue weighted by molar-refractivity contribution is 5.88. The Hall–Kier alpha value is -1.43. The average Bonchev–Trinajstić information content (AvgIpc) is 2.74. The van der Waals surface area contributed by atoms with E-state index in [1.807, 2.05) is 20.8 Å². The van der Waals surface area contributed by atoms with Crippen LogP contribution < -0.4 is 0 Å². The number of rotatable bonds is 8. The predicted molar refractivity (Wildman–Crippen MR) is 119 cm³/mol. The Kier molecular flexibility index (Phi) is 6.23. The van der Waals surface area contributed by atoms with Crippen molar-refractivity contribution >= 4 is 17.7 Å². The van der Waals surface area contributed by atoms with Gasteiger partial charge in [-0.1, -0.05) is 13.8 Å². The maximum absolute atomic E-state index is 13.3. The molecule has 2 bridgehead atoms. The van der Waals surface area contributed by atoms with Gasteiger partial charge in [0.15, 0.2) is 0 Å². The van der Waals surface area contributed by atoms with Crippen LogP contribution in [0.25, 0.3) is 0 Å². The van der Waals surface area contributed by atoms with E-state index >= 15 is 0 Å². The van der Waals surface area contributed by atoms with Gasteiger partial charge in [-0.2, -0.15) is 0 Å². The smallest absolute Gasteiger partial charge is 0.313 e. The van der Waals surface area contributed by atoms with Crippen molar-refractivity contribution in [3.8, 4) is 0 Å². The lowest BCUT2D eigenvalue weighted by Crippen LogP contribution is -2.66. The molecule has 1 heterocycles. The van der Waals surface area contributed by atoms with Crippen molar-refractivity contribution in [3.63, 3.8) is 0 Å². The van der Waals surface area contributed by atoms with E-state index in [4.69, 9.17) is 14.2 Å². The minimum absolute atomic E-state index is 0.188. The van der Waals surface area contributed by atoms with E-state index in [-0.39, 0.29) is 28.7 Å². The molecule has 5 aliphatic carbocycles. The normalized spacial score (nSPS) is 37.2. The van der Waals surface area contributed by atoms with Gasteiger partial charge in [-0.05, 0) is 83.5 Å². The summed E-state index contributed by atoms with van der Waals surface area (Å²) in [6.45, 7) is 8.32. The van der Waals surface area contributed by atoms with Crippen LogP contribution >= 0.6 is 0 Å². The molecular formula is C26H40O6. The van der Waals surface area contributed by atoms with Crippen molar-refractivity contribution in [1.29, 1.82) is 0 Å². The third kappa shape index (κ3) is 4.24. The monoisotopic (exact) mass is 448 g/mol. The number of hydrogen-bond donors (Lipinski definition) is 0. The van der Waals surface area contributed by atoms with Crippen molar-refractivity contribution in [2.24, 2.45) is 22.2 Å². The first-order chi connectivity index (χ1) is 15.1. The second-order valence-electron chi connectivity index (χ2n) is 11.8. The Balaban J connectivity index is 1.40. The molecule has 6 fully saturated rings. The summed E-state index contributed by atoms with van der Waals surface area (Å²) in [4.78, 5) is 38.8. The predicted octanol–water partition coefficient (Wildman–Crippen LogP) is 5.11. The summed E-state index contributed by atoms with van der Waals surface area (Å²) in [6.07, 6.45) is 9.08. The summed E-state index contributed by atoms with van der Waals surface area (Å²) in [7, 11) is 0. The van der Waals surface area contributed by atoms with Gasteiger partial charge in [-0.25, -0.2) is 0 Å². The minimum Gasteiger partial charge on any atom is -0.459 e. The van der Waals surface area contributed by atoms with Crippen LogP contribution in [0.2, 0.25) is 0 Å². The third-order valence-corrected chi connectivity index (χ3v) is 8.73. The maximum atomic E-state index is 13.3. The Labute approximate surface area is 192 Å².